The Kier molecular flexibility index (Phi) is 5.14. The third kappa shape index (κ3) is 3.98. The molecular weight excluding hydrogens is 232 g/mol. The predicted octanol–water partition coefficient (Wildman–Crippen LogP) is 1.09. The fraction of sp³-hybridized carbons (Fsp3) is 0.846. The number of carboxylic acid groups (broad SMARTS) is 1. The van der Waals surface area contributed by atoms with Crippen molar-refractivity contribution in [2.45, 2.75) is 44.6 Å². The summed E-state index contributed by atoms with van der Waals surface area (Å²) in [5, 5.41) is 11.6. The van der Waals surface area contributed by atoms with Gasteiger partial charge in [0.2, 0.25) is 5.91 Å². The van der Waals surface area contributed by atoms with Crippen molar-refractivity contribution in [2.24, 2.45) is 5.92 Å². The highest BCUT2D eigenvalue weighted by Gasteiger charge is 2.39. The van der Waals surface area contributed by atoms with E-state index < -0.39 is 5.97 Å². The lowest BCUT2D eigenvalue weighted by Gasteiger charge is -2.47. The van der Waals surface area contributed by atoms with Crippen LogP contribution < -0.4 is 5.32 Å². The summed E-state index contributed by atoms with van der Waals surface area (Å²) >= 11 is 0. The van der Waals surface area contributed by atoms with E-state index in [-0.39, 0.29) is 30.2 Å². The van der Waals surface area contributed by atoms with Gasteiger partial charge in [-0.3, -0.25) is 9.59 Å². The zero-order chi connectivity index (χ0) is 13.8. The lowest BCUT2D eigenvalue weighted by atomic mass is 9.75. The number of hydrogen-bond acceptors (Lipinski definition) is 3. The average molecular weight is 256 g/mol. The van der Waals surface area contributed by atoms with Gasteiger partial charge in [-0.25, -0.2) is 0 Å². The molecule has 0 radical (unpaired) electrons. The molecule has 104 valence electrons. The average Bonchev–Trinajstić information content (AvgIpc) is 2.13. The molecule has 0 heterocycles. The second kappa shape index (κ2) is 6.18. The lowest BCUT2D eigenvalue weighted by Crippen LogP contribution is -2.57. The highest BCUT2D eigenvalue weighted by molar-refractivity contribution is 5.77. The molecule has 0 aliphatic heterocycles. The number of hydrogen-bond donors (Lipinski definition) is 2. The molecule has 0 aromatic carbocycles. The number of nitrogens with one attached hydrogen (secondary N) is 1. The summed E-state index contributed by atoms with van der Waals surface area (Å²) in [4.78, 5) is 24.4. The highest BCUT2D eigenvalue weighted by atomic mass is 16.4. The Bertz CT molecular complexity index is 311. The zero-order valence-electron chi connectivity index (χ0n) is 11.5. The molecule has 0 aromatic rings. The number of amides is 1. The van der Waals surface area contributed by atoms with Gasteiger partial charge in [0.15, 0.2) is 0 Å². The van der Waals surface area contributed by atoms with Gasteiger partial charge in [0, 0.05) is 24.9 Å². The molecule has 1 rings (SSSR count). The van der Waals surface area contributed by atoms with Gasteiger partial charge >= 0.3 is 5.97 Å². The molecule has 0 spiro atoms. The summed E-state index contributed by atoms with van der Waals surface area (Å²) in [5.74, 6) is -1.00. The van der Waals surface area contributed by atoms with Gasteiger partial charge in [0.1, 0.15) is 0 Å². The van der Waals surface area contributed by atoms with E-state index in [1.54, 1.807) is 6.92 Å². The smallest absolute Gasteiger partial charge is 0.303 e. The quantitative estimate of drug-likeness (QED) is 0.715. The van der Waals surface area contributed by atoms with Crippen LogP contribution in [0.1, 0.15) is 39.0 Å². The molecule has 1 fully saturated rings. The molecule has 5 nitrogen and oxygen atoms in total. The van der Waals surface area contributed by atoms with Crippen molar-refractivity contribution >= 4 is 11.9 Å². The molecule has 1 aliphatic rings. The Morgan fingerprint density at radius 3 is 2.33 bits per heavy atom. The summed E-state index contributed by atoms with van der Waals surface area (Å²) in [6, 6.07) is 0. The molecule has 2 N–H and O–H groups in total. The Labute approximate surface area is 109 Å². The van der Waals surface area contributed by atoms with E-state index in [2.05, 4.69) is 10.2 Å². The number of rotatable bonds is 7. The first-order valence-corrected chi connectivity index (χ1v) is 6.52. The van der Waals surface area contributed by atoms with Gasteiger partial charge in [0.25, 0.3) is 0 Å². The lowest BCUT2D eigenvalue weighted by molar-refractivity contribution is -0.138. The molecule has 0 bridgehead atoms. The molecule has 0 aromatic heterocycles. The molecule has 5 heteroatoms. The fourth-order valence-electron chi connectivity index (χ4n) is 2.39. The zero-order valence-corrected chi connectivity index (χ0v) is 11.5. The van der Waals surface area contributed by atoms with Crippen molar-refractivity contribution in [3.63, 3.8) is 0 Å². The molecule has 1 unspecified atom stereocenters. The standard InChI is InChI=1S/C13H24N2O3/c1-10(8-12(17)18)7-11(16)14-9-13(15(2)3)5-4-6-13/h10H,4-9H2,1-3H3,(H,14,16)(H,17,18). The highest BCUT2D eigenvalue weighted by Crippen LogP contribution is 2.35. The van der Waals surface area contributed by atoms with Crippen molar-refractivity contribution in [3.8, 4) is 0 Å². The van der Waals surface area contributed by atoms with Crippen molar-refractivity contribution in [1.82, 2.24) is 10.2 Å². The van der Waals surface area contributed by atoms with Gasteiger partial charge in [-0.2, -0.15) is 0 Å². The normalized spacial score (nSPS) is 19.1. The number of carboxylic acids is 1. The molecule has 0 saturated heterocycles. The summed E-state index contributed by atoms with van der Waals surface area (Å²) in [5.41, 5.74) is 0.117. The van der Waals surface area contributed by atoms with Crippen molar-refractivity contribution in [1.29, 1.82) is 0 Å². The van der Waals surface area contributed by atoms with E-state index in [4.69, 9.17) is 5.11 Å². The van der Waals surface area contributed by atoms with Crippen molar-refractivity contribution < 1.29 is 14.7 Å². The minimum atomic E-state index is -0.848. The summed E-state index contributed by atoms with van der Waals surface area (Å²) in [6.07, 6.45) is 3.78. The number of likely N-dealkylation sites (N-methyl/N-ethyl adjacent to an activating group) is 1. The largest absolute Gasteiger partial charge is 0.481 e. The van der Waals surface area contributed by atoms with Gasteiger partial charge < -0.3 is 15.3 Å². The van der Waals surface area contributed by atoms with Gasteiger partial charge in [0.05, 0.1) is 0 Å². The Hall–Kier alpha value is -1.10. The first kappa shape index (κ1) is 15.0. The Morgan fingerprint density at radius 1 is 1.33 bits per heavy atom. The third-order valence-corrected chi connectivity index (χ3v) is 3.90. The van der Waals surface area contributed by atoms with Crippen LogP contribution in [-0.2, 0) is 9.59 Å². The topological polar surface area (TPSA) is 69.6 Å². The number of aliphatic carboxylic acids is 1. The number of nitrogens with zero attached hydrogens (tertiary/aromatic N) is 1. The molecule has 1 amide bonds. The number of carbonyl (C=O) groups excluding carboxylic acids is 1. The van der Waals surface area contributed by atoms with Crippen LogP contribution in [0.15, 0.2) is 0 Å². The van der Waals surface area contributed by atoms with Gasteiger partial charge in [-0.05, 0) is 39.3 Å². The fourth-order valence-corrected chi connectivity index (χ4v) is 2.39. The first-order chi connectivity index (χ1) is 8.35. The SMILES string of the molecule is CC(CC(=O)O)CC(=O)NCC1(N(C)C)CCC1. The van der Waals surface area contributed by atoms with E-state index in [1.165, 1.54) is 6.42 Å². The van der Waals surface area contributed by atoms with Crippen LogP contribution in [0.4, 0.5) is 0 Å². The predicted molar refractivity (Wildman–Crippen MR) is 69.3 cm³/mol. The van der Waals surface area contributed by atoms with Crippen LogP contribution in [-0.4, -0.2) is 48.1 Å². The summed E-state index contributed by atoms with van der Waals surface area (Å²) < 4.78 is 0. The second-order valence-corrected chi connectivity index (χ2v) is 5.66. The minimum absolute atomic E-state index is 0.0446. The van der Waals surface area contributed by atoms with E-state index in [0.29, 0.717) is 6.54 Å². The second-order valence-electron chi connectivity index (χ2n) is 5.66. The molecule has 1 aliphatic carbocycles. The Balaban J connectivity index is 2.30. The van der Waals surface area contributed by atoms with Crippen LogP contribution in [0.2, 0.25) is 0 Å². The van der Waals surface area contributed by atoms with Crippen molar-refractivity contribution in [3.05, 3.63) is 0 Å². The van der Waals surface area contributed by atoms with E-state index in [1.807, 2.05) is 14.1 Å². The molecule has 18 heavy (non-hydrogen) atoms. The Morgan fingerprint density at radius 2 is 1.94 bits per heavy atom. The van der Waals surface area contributed by atoms with Crippen LogP contribution >= 0.6 is 0 Å². The summed E-state index contributed by atoms with van der Waals surface area (Å²) in [6.45, 7) is 2.46. The first-order valence-electron chi connectivity index (χ1n) is 6.52. The van der Waals surface area contributed by atoms with Gasteiger partial charge in [-0.1, -0.05) is 6.92 Å². The van der Waals surface area contributed by atoms with Crippen LogP contribution in [0.5, 0.6) is 0 Å². The maximum atomic E-state index is 11.7. The molecular formula is C13H24N2O3. The molecule has 1 atom stereocenters. The van der Waals surface area contributed by atoms with Crippen molar-refractivity contribution in [2.75, 3.05) is 20.6 Å². The third-order valence-electron chi connectivity index (χ3n) is 3.90. The van der Waals surface area contributed by atoms with Crippen LogP contribution in [0, 0.1) is 5.92 Å². The number of carbonyl (C=O) groups is 2. The monoisotopic (exact) mass is 256 g/mol. The van der Waals surface area contributed by atoms with Crippen LogP contribution in [0.25, 0.3) is 0 Å². The summed E-state index contributed by atoms with van der Waals surface area (Å²) in [7, 11) is 4.08. The minimum Gasteiger partial charge on any atom is -0.481 e. The maximum Gasteiger partial charge on any atom is 0.303 e. The van der Waals surface area contributed by atoms with Gasteiger partial charge in [-0.15, -0.1) is 0 Å². The van der Waals surface area contributed by atoms with E-state index in [9.17, 15) is 9.59 Å². The molecule has 1 saturated carbocycles. The van der Waals surface area contributed by atoms with E-state index in [0.717, 1.165) is 12.8 Å². The maximum absolute atomic E-state index is 11.7. The van der Waals surface area contributed by atoms with E-state index >= 15 is 0 Å². The van der Waals surface area contributed by atoms with Crippen LogP contribution in [0.3, 0.4) is 0 Å².